The first-order valence-corrected chi connectivity index (χ1v) is 9.81. The third-order valence-corrected chi connectivity index (χ3v) is 5.28. The van der Waals surface area contributed by atoms with Gasteiger partial charge < -0.3 is 15.1 Å². The van der Waals surface area contributed by atoms with E-state index in [2.05, 4.69) is 10.2 Å². The number of sulfonamides is 1. The van der Waals surface area contributed by atoms with Crippen molar-refractivity contribution >= 4 is 33.1 Å². The molecule has 2 rings (SSSR count). The van der Waals surface area contributed by atoms with Gasteiger partial charge in [-0.3, -0.25) is 4.79 Å². The first-order chi connectivity index (χ1) is 13.1. The summed E-state index contributed by atoms with van der Waals surface area (Å²) < 4.78 is 26.5. The Labute approximate surface area is 163 Å². The molecular formula is C18H22N4O5S. The zero-order chi connectivity index (χ0) is 20.9. The molecule has 0 aliphatic rings. The molecule has 9 nitrogen and oxygen atoms in total. The van der Waals surface area contributed by atoms with E-state index in [1.165, 1.54) is 31.2 Å². The summed E-state index contributed by atoms with van der Waals surface area (Å²) in [4.78, 5) is 12.9. The van der Waals surface area contributed by atoms with E-state index in [1.807, 2.05) is 48.0 Å². The van der Waals surface area contributed by atoms with E-state index in [9.17, 15) is 18.3 Å². The van der Waals surface area contributed by atoms with Crippen LogP contribution in [0.25, 0.3) is 0 Å². The maximum Gasteiger partial charge on any atom is 0.324 e. The number of rotatable bonds is 8. The smallest absolute Gasteiger partial charge is 0.324 e. The van der Waals surface area contributed by atoms with Crippen LogP contribution in [0.2, 0.25) is 0 Å². The number of carbonyl (C=O) groups is 1. The number of nitrogens with zero attached hydrogens (tertiary/aromatic N) is 3. The van der Waals surface area contributed by atoms with Crippen LogP contribution in [-0.2, 0) is 14.8 Å². The molecule has 0 saturated carbocycles. The van der Waals surface area contributed by atoms with Gasteiger partial charge in [-0.25, -0.2) is 8.42 Å². The molecule has 28 heavy (non-hydrogen) atoms. The second-order valence-electron chi connectivity index (χ2n) is 6.28. The quantitative estimate of drug-likeness (QED) is 0.576. The molecule has 10 heteroatoms. The maximum atomic E-state index is 12.3. The van der Waals surface area contributed by atoms with Crippen molar-refractivity contribution in [3.8, 4) is 0 Å². The number of nitrogens with one attached hydrogen (secondary N) is 1. The molecule has 0 spiro atoms. The van der Waals surface area contributed by atoms with Crippen molar-refractivity contribution in [1.82, 2.24) is 4.72 Å². The van der Waals surface area contributed by atoms with Gasteiger partial charge in [-0.05, 0) is 55.5 Å². The second kappa shape index (κ2) is 8.91. The van der Waals surface area contributed by atoms with Crippen LogP contribution in [0.3, 0.4) is 0 Å². The van der Waals surface area contributed by atoms with Gasteiger partial charge in [0.05, 0.1) is 22.4 Å². The number of aliphatic hydroxyl groups is 1. The molecule has 0 bridgehead atoms. The van der Waals surface area contributed by atoms with Crippen LogP contribution in [0, 0.1) is 0 Å². The van der Waals surface area contributed by atoms with E-state index in [0.29, 0.717) is 11.4 Å². The fourth-order valence-electron chi connectivity index (χ4n) is 2.22. The normalized spacial score (nSPS) is 14.0. The molecule has 0 aliphatic heterocycles. The standard InChI is InChI=1S/C18H22N4O5S/c1-12(23)17(18(24)25)21-28(26,27)16-10-6-14(7-11-16)20-19-13-4-8-15(9-5-13)22(2)3/h4-12,17,21,23H,1-3H3,(H,24,25). The summed E-state index contributed by atoms with van der Waals surface area (Å²) in [5.74, 6) is -1.47. The molecule has 150 valence electrons. The molecule has 2 aromatic rings. The van der Waals surface area contributed by atoms with Crippen LogP contribution in [0.5, 0.6) is 0 Å². The zero-order valence-electron chi connectivity index (χ0n) is 15.6. The van der Waals surface area contributed by atoms with E-state index < -0.39 is 28.1 Å². The summed E-state index contributed by atoms with van der Waals surface area (Å²) in [6, 6.07) is 11.2. The van der Waals surface area contributed by atoms with Gasteiger partial charge in [0, 0.05) is 19.8 Å². The fraction of sp³-hybridized carbons (Fsp3) is 0.278. The van der Waals surface area contributed by atoms with Crippen molar-refractivity contribution in [1.29, 1.82) is 0 Å². The average molecular weight is 406 g/mol. The van der Waals surface area contributed by atoms with Crippen molar-refractivity contribution in [3.63, 3.8) is 0 Å². The van der Waals surface area contributed by atoms with Crippen LogP contribution < -0.4 is 9.62 Å². The summed E-state index contributed by atoms with van der Waals surface area (Å²) in [5.41, 5.74) is 2.10. The van der Waals surface area contributed by atoms with Crippen molar-refractivity contribution in [2.24, 2.45) is 10.2 Å². The SMILES string of the molecule is CC(O)C(NS(=O)(=O)c1ccc(N=Nc2ccc(N(C)C)cc2)cc1)C(=O)O. The summed E-state index contributed by atoms with van der Waals surface area (Å²) in [5, 5.41) is 26.6. The van der Waals surface area contributed by atoms with Gasteiger partial charge in [-0.2, -0.15) is 15.0 Å². The minimum atomic E-state index is -4.11. The number of carboxylic acid groups (broad SMARTS) is 1. The van der Waals surface area contributed by atoms with Crippen LogP contribution >= 0.6 is 0 Å². The van der Waals surface area contributed by atoms with E-state index in [-0.39, 0.29) is 4.90 Å². The molecule has 0 amide bonds. The molecule has 2 atom stereocenters. The molecule has 0 fully saturated rings. The molecule has 0 saturated heterocycles. The molecular weight excluding hydrogens is 384 g/mol. The van der Waals surface area contributed by atoms with Crippen LogP contribution in [0.1, 0.15) is 6.92 Å². The molecule has 0 aliphatic carbocycles. The van der Waals surface area contributed by atoms with Crippen molar-refractivity contribution in [2.75, 3.05) is 19.0 Å². The number of hydrogen-bond donors (Lipinski definition) is 3. The zero-order valence-corrected chi connectivity index (χ0v) is 16.5. The Morgan fingerprint density at radius 3 is 1.86 bits per heavy atom. The van der Waals surface area contributed by atoms with Crippen LogP contribution in [-0.4, -0.2) is 50.8 Å². The predicted molar refractivity (Wildman–Crippen MR) is 105 cm³/mol. The lowest BCUT2D eigenvalue weighted by atomic mass is 10.2. The van der Waals surface area contributed by atoms with Gasteiger partial charge >= 0.3 is 5.97 Å². The van der Waals surface area contributed by atoms with E-state index in [1.54, 1.807) is 0 Å². The van der Waals surface area contributed by atoms with Crippen LogP contribution in [0.15, 0.2) is 63.7 Å². The minimum absolute atomic E-state index is 0.145. The minimum Gasteiger partial charge on any atom is -0.480 e. The first kappa shape index (κ1) is 21.5. The van der Waals surface area contributed by atoms with Gasteiger partial charge in [-0.15, -0.1) is 0 Å². The van der Waals surface area contributed by atoms with Gasteiger partial charge in [0.2, 0.25) is 10.0 Å². The third-order valence-electron chi connectivity index (χ3n) is 3.82. The van der Waals surface area contributed by atoms with Crippen molar-refractivity contribution in [2.45, 2.75) is 24.0 Å². The number of hydrogen-bond acceptors (Lipinski definition) is 7. The molecule has 2 unspecified atom stereocenters. The average Bonchev–Trinajstić information content (AvgIpc) is 2.64. The second-order valence-corrected chi connectivity index (χ2v) is 8.00. The number of aliphatic carboxylic acids is 1. The largest absolute Gasteiger partial charge is 0.480 e. The number of aliphatic hydroxyl groups excluding tert-OH is 1. The fourth-order valence-corrected chi connectivity index (χ4v) is 3.48. The monoisotopic (exact) mass is 406 g/mol. The number of azo groups is 1. The number of anilines is 1. The molecule has 3 N–H and O–H groups in total. The Balaban J connectivity index is 2.12. The Morgan fingerprint density at radius 1 is 1.00 bits per heavy atom. The Kier molecular flexibility index (Phi) is 6.84. The highest BCUT2D eigenvalue weighted by Gasteiger charge is 2.29. The molecule has 0 radical (unpaired) electrons. The third kappa shape index (κ3) is 5.59. The van der Waals surface area contributed by atoms with E-state index in [0.717, 1.165) is 5.69 Å². The van der Waals surface area contributed by atoms with E-state index in [4.69, 9.17) is 5.11 Å². The molecule has 0 heterocycles. The number of carboxylic acids is 1. The van der Waals surface area contributed by atoms with Gasteiger partial charge in [0.25, 0.3) is 0 Å². The van der Waals surface area contributed by atoms with Crippen molar-refractivity contribution < 1.29 is 23.4 Å². The summed E-state index contributed by atoms with van der Waals surface area (Å²) >= 11 is 0. The highest BCUT2D eigenvalue weighted by molar-refractivity contribution is 7.89. The molecule has 0 aromatic heterocycles. The Bertz CT molecular complexity index is 939. The lowest BCUT2D eigenvalue weighted by molar-refractivity contribution is -0.141. The first-order valence-electron chi connectivity index (χ1n) is 8.32. The highest BCUT2D eigenvalue weighted by Crippen LogP contribution is 2.22. The van der Waals surface area contributed by atoms with Crippen molar-refractivity contribution in [3.05, 3.63) is 48.5 Å². The van der Waals surface area contributed by atoms with Gasteiger partial charge in [-0.1, -0.05) is 0 Å². The Hall–Kier alpha value is -2.82. The predicted octanol–water partition coefficient (Wildman–Crippen LogP) is 2.28. The lowest BCUT2D eigenvalue weighted by Gasteiger charge is -2.17. The summed E-state index contributed by atoms with van der Waals surface area (Å²) in [6.07, 6.45) is -1.39. The highest BCUT2D eigenvalue weighted by atomic mass is 32.2. The Morgan fingerprint density at radius 2 is 1.46 bits per heavy atom. The van der Waals surface area contributed by atoms with Crippen LogP contribution in [0.4, 0.5) is 17.1 Å². The summed E-state index contributed by atoms with van der Waals surface area (Å²) in [6.45, 7) is 1.19. The van der Waals surface area contributed by atoms with E-state index >= 15 is 0 Å². The number of benzene rings is 2. The lowest BCUT2D eigenvalue weighted by Crippen LogP contribution is -2.47. The summed E-state index contributed by atoms with van der Waals surface area (Å²) in [7, 11) is -0.251. The maximum absolute atomic E-state index is 12.3. The molecule has 2 aromatic carbocycles. The topological polar surface area (TPSA) is 132 Å². The van der Waals surface area contributed by atoms with Gasteiger partial charge in [0.1, 0.15) is 6.04 Å². The van der Waals surface area contributed by atoms with Gasteiger partial charge in [0.15, 0.2) is 0 Å².